The standard InChI is InChI=1S/C16H19FN4O2/c1-11-6-16(19-9-15(11)21(22)23)18-8-12-4-5-14(17)13(7-12)10-20(2)3/h4-7,9H,8,10H2,1-3H3,(H,18,19). The molecule has 122 valence electrons. The van der Waals surface area contributed by atoms with E-state index in [2.05, 4.69) is 10.3 Å². The van der Waals surface area contributed by atoms with Crippen LogP contribution in [0.15, 0.2) is 30.5 Å². The van der Waals surface area contributed by atoms with Gasteiger partial charge in [-0.3, -0.25) is 10.1 Å². The lowest BCUT2D eigenvalue weighted by atomic mass is 10.1. The third-order valence-electron chi connectivity index (χ3n) is 3.35. The summed E-state index contributed by atoms with van der Waals surface area (Å²) >= 11 is 0. The molecule has 1 aromatic heterocycles. The zero-order chi connectivity index (χ0) is 17.0. The second-order valence-corrected chi connectivity index (χ2v) is 5.63. The van der Waals surface area contributed by atoms with Gasteiger partial charge in [-0.15, -0.1) is 0 Å². The smallest absolute Gasteiger partial charge is 0.290 e. The Labute approximate surface area is 134 Å². The van der Waals surface area contributed by atoms with Crippen LogP contribution in [0.5, 0.6) is 0 Å². The molecule has 0 aliphatic carbocycles. The summed E-state index contributed by atoms with van der Waals surface area (Å²) in [4.78, 5) is 16.2. The Morgan fingerprint density at radius 3 is 2.70 bits per heavy atom. The Bertz CT molecular complexity index is 719. The van der Waals surface area contributed by atoms with Gasteiger partial charge in [0.25, 0.3) is 5.69 Å². The number of aryl methyl sites for hydroxylation is 1. The van der Waals surface area contributed by atoms with Gasteiger partial charge in [-0.05, 0) is 44.8 Å². The van der Waals surface area contributed by atoms with Crippen LogP contribution in [-0.2, 0) is 13.1 Å². The van der Waals surface area contributed by atoms with Crippen molar-refractivity contribution >= 4 is 11.5 Å². The fourth-order valence-electron chi connectivity index (χ4n) is 2.23. The summed E-state index contributed by atoms with van der Waals surface area (Å²) in [6.07, 6.45) is 1.24. The van der Waals surface area contributed by atoms with Crippen molar-refractivity contribution in [2.24, 2.45) is 0 Å². The predicted molar refractivity (Wildman–Crippen MR) is 86.7 cm³/mol. The maximum Gasteiger partial charge on any atom is 0.290 e. The van der Waals surface area contributed by atoms with E-state index < -0.39 is 4.92 Å². The maximum atomic E-state index is 13.7. The molecule has 23 heavy (non-hydrogen) atoms. The predicted octanol–water partition coefficient (Wildman–Crippen LogP) is 3.11. The number of nitro groups is 1. The topological polar surface area (TPSA) is 71.3 Å². The van der Waals surface area contributed by atoms with Crippen molar-refractivity contribution in [1.82, 2.24) is 9.88 Å². The molecule has 1 aromatic carbocycles. The van der Waals surface area contributed by atoms with Gasteiger partial charge in [0.1, 0.15) is 17.8 Å². The molecule has 0 amide bonds. The SMILES string of the molecule is Cc1cc(NCc2ccc(F)c(CN(C)C)c2)ncc1[N+](=O)[O-]. The monoisotopic (exact) mass is 318 g/mol. The van der Waals surface area contributed by atoms with Crippen LogP contribution in [0.1, 0.15) is 16.7 Å². The highest BCUT2D eigenvalue weighted by atomic mass is 19.1. The molecular formula is C16H19FN4O2. The first-order chi connectivity index (χ1) is 10.9. The number of anilines is 1. The summed E-state index contributed by atoms with van der Waals surface area (Å²) in [5.74, 6) is 0.318. The average Bonchev–Trinajstić information content (AvgIpc) is 2.47. The van der Waals surface area contributed by atoms with Crippen LogP contribution in [0.4, 0.5) is 15.9 Å². The number of nitrogens with zero attached hydrogens (tertiary/aromatic N) is 3. The third-order valence-corrected chi connectivity index (χ3v) is 3.35. The molecule has 0 saturated heterocycles. The molecule has 0 unspecified atom stereocenters. The lowest BCUT2D eigenvalue weighted by Crippen LogP contribution is -2.12. The minimum atomic E-state index is -0.459. The van der Waals surface area contributed by atoms with Gasteiger partial charge >= 0.3 is 0 Å². The van der Waals surface area contributed by atoms with Crippen LogP contribution in [0.3, 0.4) is 0 Å². The molecule has 0 atom stereocenters. The maximum absolute atomic E-state index is 13.7. The van der Waals surface area contributed by atoms with Crippen LogP contribution in [-0.4, -0.2) is 28.9 Å². The number of nitrogens with one attached hydrogen (secondary N) is 1. The molecule has 1 heterocycles. The highest BCUT2D eigenvalue weighted by Crippen LogP contribution is 2.19. The van der Waals surface area contributed by atoms with Gasteiger partial charge in [-0.1, -0.05) is 6.07 Å². The summed E-state index contributed by atoms with van der Waals surface area (Å²) in [5.41, 5.74) is 2.08. The van der Waals surface area contributed by atoms with Gasteiger partial charge in [0, 0.05) is 24.2 Å². The second-order valence-electron chi connectivity index (χ2n) is 5.63. The summed E-state index contributed by atoms with van der Waals surface area (Å²) < 4.78 is 13.7. The second kappa shape index (κ2) is 7.15. The fourth-order valence-corrected chi connectivity index (χ4v) is 2.23. The Kier molecular flexibility index (Phi) is 5.23. The molecule has 0 aliphatic heterocycles. The molecule has 1 N–H and O–H groups in total. The van der Waals surface area contributed by atoms with Crippen molar-refractivity contribution in [3.8, 4) is 0 Å². The molecule has 2 rings (SSSR count). The van der Waals surface area contributed by atoms with Crippen molar-refractivity contribution in [2.45, 2.75) is 20.0 Å². The lowest BCUT2D eigenvalue weighted by Gasteiger charge is -2.12. The van der Waals surface area contributed by atoms with Gasteiger partial charge in [-0.25, -0.2) is 9.37 Å². The Morgan fingerprint density at radius 1 is 1.35 bits per heavy atom. The summed E-state index contributed by atoms with van der Waals surface area (Å²) in [6.45, 7) is 2.65. The summed E-state index contributed by atoms with van der Waals surface area (Å²) in [7, 11) is 3.77. The van der Waals surface area contributed by atoms with Crippen molar-refractivity contribution in [3.05, 3.63) is 63.1 Å². The minimum Gasteiger partial charge on any atom is -0.366 e. The zero-order valence-corrected chi connectivity index (χ0v) is 13.3. The molecule has 0 fully saturated rings. The van der Waals surface area contributed by atoms with Crippen molar-refractivity contribution in [2.75, 3.05) is 19.4 Å². The van der Waals surface area contributed by atoms with Gasteiger partial charge in [0.15, 0.2) is 0 Å². The van der Waals surface area contributed by atoms with E-state index in [4.69, 9.17) is 0 Å². The number of aromatic nitrogens is 1. The van der Waals surface area contributed by atoms with Crippen LogP contribution in [0.25, 0.3) is 0 Å². The first-order valence-corrected chi connectivity index (χ1v) is 7.13. The number of benzene rings is 1. The third kappa shape index (κ3) is 4.46. The lowest BCUT2D eigenvalue weighted by molar-refractivity contribution is -0.385. The van der Waals surface area contributed by atoms with E-state index in [0.717, 1.165) is 5.56 Å². The number of pyridine rings is 1. The van der Waals surface area contributed by atoms with Crippen LogP contribution in [0, 0.1) is 22.9 Å². The van der Waals surface area contributed by atoms with Gasteiger partial charge in [0.2, 0.25) is 0 Å². The normalized spacial score (nSPS) is 10.8. The Balaban J connectivity index is 2.09. The van der Waals surface area contributed by atoms with Gasteiger partial charge in [0.05, 0.1) is 4.92 Å². The Hall–Kier alpha value is -2.54. The first-order valence-electron chi connectivity index (χ1n) is 7.13. The highest BCUT2D eigenvalue weighted by Gasteiger charge is 2.11. The Morgan fingerprint density at radius 2 is 2.09 bits per heavy atom. The largest absolute Gasteiger partial charge is 0.366 e. The molecule has 0 saturated carbocycles. The molecule has 0 aliphatic rings. The molecule has 6 nitrogen and oxygen atoms in total. The van der Waals surface area contributed by atoms with Crippen LogP contribution < -0.4 is 5.32 Å². The number of halogens is 1. The molecule has 0 spiro atoms. The molecule has 7 heteroatoms. The number of hydrogen-bond acceptors (Lipinski definition) is 5. The van der Waals surface area contributed by atoms with E-state index in [1.54, 1.807) is 25.1 Å². The number of hydrogen-bond donors (Lipinski definition) is 1. The minimum absolute atomic E-state index is 0.00870. The van der Waals surface area contributed by atoms with E-state index >= 15 is 0 Å². The molecule has 0 bridgehead atoms. The number of rotatable bonds is 6. The fraction of sp³-hybridized carbons (Fsp3) is 0.312. The molecular weight excluding hydrogens is 299 g/mol. The van der Waals surface area contributed by atoms with E-state index in [1.807, 2.05) is 19.0 Å². The zero-order valence-electron chi connectivity index (χ0n) is 13.3. The van der Waals surface area contributed by atoms with Crippen molar-refractivity contribution < 1.29 is 9.31 Å². The van der Waals surface area contributed by atoms with Gasteiger partial charge < -0.3 is 10.2 Å². The summed E-state index contributed by atoms with van der Waals surface area (Å²) in [5, 5.41) is 13.9. The molecule has 0 radical (unpaired) electrons. The van der Waals surface area contributed by atoms with E-state index in [-0.39, 0.29) is 11.5 Å². The van der Waals surface area contributed by atoms with E-state index in [0.29, 0.717) is 30.0 Å². The summed E-state index contributed by atoms with van der Waals surface area (Å²) in [6, 6.07) is 6.59. The molecule has 2 aromatic rings. The van der Waals surface area contributed by atoms with Crippen LogP contribution >= 0.6 is 0 Å². The van der Waals surface area contributed by atoms with Crippen molar-refractivity contribution in [3.63, 3.8) is 0 Å². The van der Waals surface area contributed by atoms with Crippen molar-refractivity contribution in [1.29, 1.82) is 0 Å². The van der Waals surface area contributed by atoms with E-state index in [1.165, 1.54) is 12.3 Å². The van der Waals surface area contributed by atoms with E-state index in [9.17, 15) is 14.5 Å². The average molecular weight is 318 g/mol. The first kappa shape index (κ1) is 16.8. The highest BCUT2D eigenvalue weighted by molar-refractivity contribution is 5.47. The van der Waals surface area contributed by atoms with Gasteiger partial charge in [-0.2, -0.15) is 0 Å². The quantitative estimate of drug-likeness (QED) is 0.654. The van der Waals surface area contributed by atoms with Crippen LogP contribution in [0.2, 0.25) is 0 Å².